The number of rotatable bonds is 6. The SMILES string of the molecule is Cc1cccc(CCC(=O)NCc2nc(C(=O)O)cs2)c1. The lowest BCUT2D eigenvalue weighted by molar-refractivity contribution is -0.121. The second-order valence-electron chi connectivity index (χ2n) is 4.70. The highest BCUT2D eigenvalue weighted by Gasteiger charge is 2.09. The van der Waals surface area contributed by atoms with E-state index in [1.165, 1.54) is 22.3 Å². The molecule has 0 spiro atoms. The Balaban J connectivity index is 1.78. The minimum Gasteiger partial charge on any atom is -0.476 e. The molecular formula is C15H16N2O3S. The number of carboxylic acid groups (broad SMARTS) is 1. The molecule has 0 radical (unpaired) electrons. The van der Waals surface area contributed by atoms with Crippen molar-refractivity contribution < 1.29 is 14.7 Å². The van der Waals surface area contributed by atoms with Crippen molar-refractivity contribution in [3.63, 3.8) is 0 Å². The zero-order chi connectivity index (χ0) is 15.2. The van der Waals surface area contributed by atoms with E-state index >= 15 is 0 Å². The summed E-state index contributed by atoms with van der Waals surface area (Å²) in [5.41, 5.74) is 2.33. The van der Waals surface area contributed by atoms with Crippen LogP contribution in [-0.2, 0) is 17.8 Å². The van der Waals surface area contributed by atoms with E-state index in [0.717, 1.165) is 5.56 Å². The largest absolute Gasteiger partial charge is 0.476 e. The predicted octanol–water partition coefficient (Wildman–Crippen LogP) is 2.40. The molecule has 0 unspecified atom stereocenters. The van der Waals surface area contributed by atoms with Gasteiger partial charge >= 0.3 is 5.97 Å². The van der Waals surface area contributed by atoms with Crippen molar-refractivity contribution in [3.05, 3.63) is 51.5 Å². The summed E-state index contributed by atoms with van der Waals surface area (Å²) in [4.78, 5) is 26.4. The van der Waals surface area contributed by atoms with Crippen molar-refractivity contribution in [1.29, 1.82) is 0 Å². The van der Waals surface area contributed by atoms with Gasteiger partial charge in [-0.15, -0.1) is 11.3 Å². The van der Waals surface area contributed by atoms with Gasteiger partial charge in [-0.1, -0.05) is 29.8 Å². The van der Waals surface area contributed by atoms with Crippen LogP contribution in [-0.4, -0.2) is 22.0 Å². The van der Waals surface area contributed by atoms with Crippen LogP contribution >= 0.6 is 11.3 Å². The van der Waals surface area contributed by atoms with Crippen LogP contribution in [0.2, 0.25) is 0 Å². The summed E-state index contributed by atoms with van der Waals surface area (Å²) in [7, 11) is 0. The molecule has 1 aromatic heterocycles. The molecule has 0 saturated carbocycles. The number of carbonyl (C=O) groups excluding carboxylic acids is 1. The van der Waals surface area contributed by atoms with Crippen LogP contribution in [0.15, 0.2) is 29.6 Å². The van der Waals surface area contributed by atoms with Crippen molar-refractivity contribution in [2.75, 3.05) is 0 Å². The van der Waals surface area contributed by atoms with E-state index in [-0.39, 0.29) is 18.1 Å². The second kappa shape index (κ2) is 6.99. The Hall–Kier alpha value is -2.21. The highest BCUT2D eigenvalue weighted by molar-refractivity contribution is 7.09. The maximum absolute atomic E-state index is 11.8. The topological polar surface area (TPSA) is 79.3 Å². The Morgan fingerprint density at radius 1 is 1.38 bits per heavy atom. The van der Waals surface area contributed by atoms with E-state index < -0.39 is 5.97 Å². The van der Waals surface area contributed by atoms with Crippen molar-refractivity contribution in [2.24, 2.45) is 0 Å². The van der Waals surface area contributed by atoms with Gasteiger partial charge in [0, 0.05) is 11.8 Å². The zero-order valence-electron chi connectivity index (χ0n) is 11.6. The molecule has 1 heterocycles. The number of amides is 1. The monoisotopic (exact) mass is 304 g/mol. The number of carbonyl (C=O) groups is 2. The minimum atomic E-state index is -1.05. The molecule has 0 atom stereocenters. The van der Waals surface area contributed by atoms with Crippen molar-refractivity contribution in [2.45, 2.75) is 26.3 Å². The van der Waals surface area contributed by atoms with E-state index in [2.05, 4.69) is 16.4 Å². The number of thiazole rings is 1. The van der Waals surface area contributed by atoms with Gasteiger partial charge in [-0.05, 0) is 18.9 Å². The number of nitrogens with one attached hydrogen (secondary N) is 1. The highest BCUT2D eigenvalue weighted by atomic mass is 32.1. The van der Waals surface area contributed by atoms with Gasteiger partial charge in [0.15, 0.2) is 5.69 Å². The number of hydrogen-bond acceptors (Lipinski definition) is 4. The third kappa shape index (κ3) is 4.68. The van der Waals surface area contributed by atoms with Crippen molar-refractivity contribution >= 4 is 23.2 Å². The summed E-state index contributed by atoms with van der Waals surface area (Å²) in [6, 6.07) is 8.06. The quantitative estimate of drug-likeness (QED) is 0.859. The molecule has 0 saturated heterocycles. The van der Waals surface area contributed by atoms with Gasteiger partial charge in [0.2, 0.25) is 5.91 Å². The van der Waals surface area contributed by atoms with Gasteiger partial charge in [0.1, 0.15) is 5.01 Å². The summed E-state index contributed by atoms with van der Waals surface area (Å²) >= 11 is 1.23. The van der Waals surface area contributed by atoms with Crippen LogP contribution in [0, 0.1) is 6.92 Å². The van der Waals surface area contributed by atoms with E-state index in [1.807, 2.05) is 25.1 Å². The number of benzene rings is 1. The fourth-order valence-corrected chi connectivity index (χ4v) is 2.59. The van der Waals surface area contributed by atoms with E-state index in [4.69, 9.17) is 5.11 Å². The first-order valence-corrected chi connectivity index (χ1v) is 7.42. The van der Waals surface area contributed by atoms with E-state index in [1.54, 1.807) is 0 Å². The fraction of sp³-hybridized carbons (Fsp3) is 0.267. The molecular weight excluding hydrogens is 288 g/mol. The normalized spacial score (nSPS) is 10.3. The van der Waals surface area contributed by atoms with Crippen molar-refractivity contribution in [1.82, 2.24) is 10.3 Å². The Labute approximate surface area is 126 Å². The molecule has 5 nitrogen and oxygen atoms in total. The van der Waals surface area contributed by atoms with Crippen LogP contribution in [0.1, 0.15) is 33.0 Å². The van der Waals surface area contributed by atoms with Crippen LogP contribution in [0.25, 0.3) is 0 Å². The predicted molar refractivity (Wildman–Crippen MR) is 80.4 cm³/mol. The first-order valence-electron chi connectivity index (χ1n) is 6.54. The van der Waals surface area contributed by atoms with Gasteiger partial charge in [-0.25, -0.2) is 9.78 Å². The molecule has 2 aromatic rings. The number of nitrogens with zero attached hydrogens (tertiary/aromatic N) is 1. The summed E-state index contributed by atoms with van der Waals surface area (Å²) < 4.78 is 0. The van der Waals surface area contributed by atoms with Crippen molar-refractivity contribution in [3.8, 4) is 0 Å². The summed E-state index contributed by atoms with van der Waals surface area (Å²) in [5.74, 6) is -1.12. The lowest BCUT2D eigenvalue weighted by Crippen LogP contribution is -2.23. The molecule has 0 bridgehead atoms. The van der Waals surface area contributed by atoms with Gasteiger partial charge in [0.25, 0.3) is 0 Å². The molecule has 0 aliphatic heterocycles. The third-order valence-electron chi connectivity index (χ3n) is 2.93. The molecule has 0 aliphatic rings. The third-order valence-corrected chi connectivity index (χ3v) is 3.78. The Morgan fingerprint density at radius 3 is 2.86 bits per heavy atom. The molecule has 1 aromatic carbocycles. The van der Waals surface area contributed by atoms with E-state index in [9.17, 15) is 9.59 Å². The molecule has 0 fully saturated rings. The van der Waals surface area contributed by atoms with E-state index in [0.29, 0.717) is 17.8 Å². The zero-order valence-corrected chi connectivity index (χ0v) is 12.4. The molecule has 110 valence electrons. The maximum atomic E-state index is 11.8. The summed E-state index contributed by atoms with van der Waals surface area (Å²) in [5, 5.41) is 13.6. The lowest BCUT2D eigenvalue weighted by atomic mass is 10.1. The molecule has 6 heteroatoms. The average molecular weight is 304 g/mol. The smallest absolute Gasteiger partial charge is 0.355 e. The maximum Gasteiger partial charge on any atom is 0.355 e. The number of aromatic carboxylic acids is 1. The first-order chi connectivity index (χ1) is 10.0. The van der Waals surface area contributed by atoms with Gasteiger partial charge in [0.05, 0.1) is 6.54 Å². The first kappa shape index (κ1) is 15.2. The summed E-state index contributed by atoms with van der Waals surface area (Å²) in [6.45, 7) is 2.29. The Morgan fingerprint density at radius 2 is 2.19 bits per heavy atom. The Kier molecular flexibility index (Phi) is 5.05. The van der Waals surface area contributed by atoms with Crippen LogP contribution in [0.5, 0.6) is 0 Å². The van der Waals surface area contributed by atoms with Gasteiger partial charge < -0.3 is 10.4 Å². The minimum absolute atomic E-state index is 0.0176. The number of carboxylic acids is 1. The summed E-state index contributed by atoms with van der Waals surface area (Å²) in [6.07, 6.45) is 1.09. The van der Waals surface area contributed by atoms with Gasteiger partial charge in [-0.3, -0.25) is 4.79 Å². The lowest BCUT2D eigenvalue weighted by Gasteiger charge is -2.04. The molecule has 2 rings (SSSR count). The highest BCUT2D eigenvalue weighted by Crippen LogP contribution is 2.10. The molecule has 2 N–H and O–H groups in total. The fourth-order valence-electron chi connectivity index (χ4n) is 1.88. The standard InChI is InChI=1S/C15H16N2O3S/c1-10-3-2-4-11(7-10)5-6-13(18)16-8-14-17-12(9-21-14)15(19)20/h2-4,7,9H,5-6,8H2,1H3,(H,16,18)(H,19,20). The molecule has 1 amide bonds. The molecule has 21 heavy (non-hydrogen) atoms. The molecule has 0 aliphatic carbocycles. The van der Waals surface area contributed by atoms with Crippen LogP contribution in [0.4, 0.5) is 0 Å². The number of aromatic nitrogens is 1. The van der Waals surface area contributed by atoms with Crippen LogP contribution in [0.3, 0.4) is 0 Å². The number of aryl methyl sites for hydroxylation is 2. The average Bonchev–Trinajstić information content (AvgIpc) is 2.92. The number of hydrogen-bond donors (Lipinski definition) is 2. The van der Waals surface area contributed by atoms with Gasteiger partial charge in [-0.2, -0.15) is 0 Å². The second-order valence-corrected chi connectivity index (χ2v) is 5.64. The van der Waals surface area contributed by atoms with Crippen LogP contribution < -0.4 is 5.32 Å². The Bertz CT molecular complexity index is 652.